The van der Waals surface area contributed by atoms with Gasteiger partial charge in [-0.15, -0.1) is 0 Å². The molecule has 18 heteroatoms. The van der Waals surface area contributed by atoms with Crippen molar-refractivity contribution in [3.63, 3.8) is 0 Å². The van der Waals surface area contributed by atoms with Crippen molar-refractivity contribution < 1.29 is 75.8 Å². The number of carbonyl (C=O) groups is 3. The first-order chi connectivity index (χ1) is 47.2. The zero-order chi connectivity index (χ0) is 70.9. The van der Waals surface area contributed by atoms with E-state index in [2.05, 4.69) is 81.5 Å². The van der Waals surface area contributed by atoms with Crippen molar-refractivity contribution in [2.75, 3.05) is 39.6 Å². The average molecular weight is 1410 g/mol. The van der Waals surface area contributed by atoms with Gasteiger partial charge < -0.3 is 34.2 Å². The molecular formula is C79H146O16P2. The van der Waals surface area contributed by atoms with Crippen molar-refractivity contribution in [1.29, 1.82) is 0 Å². The molecule has 0 aliphatic heterocycles. The predicted octanol–water partition coefficient (Wildman–Crippen LogP) is 22.9. The minimum absolute atomic E-state index is 0.110. The van der Waals surface area contributed by atoms with Crippen LogP contribution in [-0.2, 0) is 55.8 Å². The molecule has 97 heavy (non-hydrogen) atoms. The lowest BCUT2D eigenvalue weighted by molar-refractivity contribution is -0.161. The van der Waals surface area contributed by atoms with Crippen LogP contribution in [-0.4, -0.2) is 95.9 Å². The summed E-state index contributed by atoms with van der Waals surface area (Å²) in [5.41, 5.74) is 0. The third-order valence-electron chi connectivity index (χ3n) is 17.2. The second-order valence-electron chi connectivity index (χ2n) is 26.9. The molecule has 4 N–H and O–H groups in total. The Hall–Kier alpha value is -2.75. The number of aliphatic hydroxyl groups is 2. The molecule has 5 atom stereocenters. The van der Waals surface area contributed by atoms with E-state index in [1.54, 1.807) is 0 Å². The maximum Gasteiger partial charge on any atom is 0.472 e. The average Bonchev–Trinajstić information content (AvgIpc) is 1.49. The molecule has 0 amide bonds. The Morgan fingerprint density at radius 2 is 0.515 bits per heavy atom. The van der Waals surface area contributed by atoms with Crippen molar-refractivity contribution >= 4 is 33.6 Å². The van der Waals surface area contributed by atoms with Crippen molar-refractivity contribution in [3.8, 4) is 0 Å². The van der Waals surface area contributed by atoms with Gasteiger partial charge in [0.1, 0.15) is 25.4 Å². The van der Waals surface area contributed by atoms with Gasteiger partial charge in [0.05, 0.1) is 26.4 Å². The smallest absolute Gasteiger partial charge is 0.463 e. The van der Waals surface area contributed by atoms with E-state index in [1.165, 1.54) is 205 Å². The van der Waals surface area contributed by atoms with Crippen molar-refractivity contribution in [2.24, 2.45) is 0 Å². The molecule has 0 radical (unpaired) electrons. The lowest BCUT2D eigenvalue weighted by Crippen LogP contribution is -2.30. The third kappa shape index (κ3) is 74.3. The summed E-state index contributed by atoms with van der Waals surface area (Å²) in [6.45, 7) is 2.69. The standard InChI is InChI=1S/C79H146O16P2/c1-4-7-10-13-16-19-22-25-27-28-29-30-31-32-33-34-35-36-37-38-39-40-41-42-43-44-46-49-50-53-56-59-62-65-77(82)89-68-74(80)69-91-96(85,86)92-70-75(81)71-93-97(87,88)94-73-76(95-79(84)67-64-61-58-55-52-47-24-21-18-15-12-9-6-3)72-90-78(83)66-63-60-57-54-51-48-45-26-23-20-17-14-11-8-5-2/h16,19,25-27,29-30,32-33,45,74-76,80-81H,4-15,17-18,20-24,28,31,34-44,46-73H2,1-3H3,(H,85,86)(H,87,88)/b19-16-,27-25-,30-29-,33-32-,45-26-. The first-order valence-corrected chi connectivity index (χ1v) is 42.6. The molecule has 568 valence electrons. The minimum Gasteiger partial charge on any atom is -0.463 e. The topological polar surface area (TPSA) is 231 Å². The van der Waals surface area contributed by atoms with Crippen LogP contribution in [0, 0.1) is 0 Å². The number of allylic oxidation sites excluding steroid dienone is 10. The van der Waals surface area contributed by atoms with Crippen LogP contribution in [0.5, 0.6) is 0 Å². The predicted molar refractivity (Wildman–Crippen MR) is 399 cm³/mol. The number of carbonyl (C=O) groups excluding carboxylic acids is 3. The second kappa shape index (κ2) is 73.0. The van der Waals surface area contributed by atoms with Crippen LogP contribution in [0.4, 0.5) is 0 Å². The van der Waals surface area contributed by atoms with Crippen molar-refractivity contribution in [2.45, 2.75) is 386 Å². The summed E-state index contributed by atoms with van der Waals surface area (Å²) in [7, 11) is -9.76. The van der Waals surface area contributed by atoms with Gasteiger partial charge in [0, 0.05) is 19.3 Å². The van der Waals surface area contributed by atoms with Crippen LogP contribution in [0.2, 0.25) is 0 Å². The van der Waals surface area contributed by atoms with E-state index < -0.39 is 91.5 Å². The SMILES string of the molecule is CCCCC/C=C\C/C=C\C/C=C\C/C=C\CCCCCCCCCCCCCCCCCCCC(=O)OCC(O)COP(=O)(O)OCC(O)COP(=O)(O)OCC(COC(=O)CCCCCCC/C=C\CCCCCCCC)OC(=O)CCCCCCCCCCCCCCC. The Morgan fingerprint density at radius 3 is 0.845 bits per heavy atom. The van der Waals surface area contributed by atoms with E-state index in [4.69, 9.17) is 32.3 Å². The van der Waals surface area contributed by atoms with Gasteiger partial charge in [-0.25, -0.2) is 9.13 Å². The van der Waals surface area contributed by atoms with Gasteiger partial charge in [-0.1, -0.05) is 319 Å². The molecule has 0 aromatic heterocycles. The molecule has 5 unspecified atom stereocenters. The summed E-state index contributed by atoms with van der Waals surface area (Å²) < 4.78 is 61.0. The van der Waals surface area contributed by atoms with Gasteiger partial charge in [0.2, 0.25) is 0 Å². The fourth-order valence-electron chi connectivity index (χ4n) is 11.1. The monoisotopic (exact) mass is 1410 g/mol. The van der Waals surface area contributed by atoms with E-state index >= 15 is 0 Å². The molecule has 0 fully saturated rings. The molecule has 0 rings (SSSR count). The largest absolute Gasteiger partial charge is 0.472 e. The van der Waals surface area contributed by atoms with Gasteiger partial charge in [-0.2, -0.15) is 0 Å². The van der Waals surface area contributed by atoms with Gasteiger partial charge in [0.25, 0.3) is 0 Å². The normalized spacial score (nSPS) is 14.3. The van der Waals surface area contributed by atoms with E-state index in [1.807, 2.05) is 0 Å². The first-order valence-electron chi connectivity index (χ1n) is 39.6. The van der Waals surface area contributed by atoms with Crippen LogP contribution in [0.3, 0.4) is 0 Å². The molecule has 16 nitrogen and oxygen atoms in total. The Balaban J connectivity index is 4.33. The highest BCUT2D eigenvalue weighted by atomic mass is 31.2. The van der Waals surface area contributed by atoms with Gasteiger partial charge in [-0.3, -0.25) is 32.5 Å². The number of ether oxygens (including phenoxy) is 3. The fourth-order valence-corrected chi connectivity index (χ4v) is 12.7. The van der Waals surface area contributed by atoms with E-state index in [-0.39, 0.29) is 19.3 Å². The maximum atomic E-state index is 12.9. The quantitative estimate of drug-likeness (QED) is 0.0146. The molecule has 0 saturated heterocycles. The number of hydrogen-bond donors (Lipinski definition) is 4. The molecule has 0 heterocycles. The van der Waals surface area contributed by atoms with Gasteiger partial charge >= 0.3 is 33.6 Å². The Bertz CT molecular complexity index is 2010. The Morgan fingerprint density at radius 1 is 0.289 bits per heavy atom. The third-order valence-corrected chi connectivity index (χ3v) is 19.1. The van der Waals surface area contributed by atoms with Crippen LogP contribution in [0.15, 0.2) is 60.8 Å². The van der Waals surface area contributed by atoms with E-state index in [9.17, 15) is 43.5 Å². The van der Waals surface area contributed by atoms with Gasteiger partial charge in [0.15, 0.2) is 6.10 Å². The number of unbranched alkanes of at least 4 members (excludes halogenated alkanes) is 43. The second-order valence-corrected chi connectivity index (χ2v) is 29.8. The van der Waals surface area contributed by atoms with Crippen LogP contribution in [0.25, 0.3) is 0 Å². The Kier molecular flexibility index (Phi) is 70.9. The highest BCUT2D eigenvalue weighted by Crippen LogP contribution is 2.45. The van der Waals surface area contributed by atoms with Crippen LogP contribution in [0.1, 0.15) is 367 Å². The summed E-state index contributed by atoms with van der Waals surface area (Å²) in [6.07, 6.45) is 78.6. The summed E-state index contributed by atoms with van der Waals surface area (Å²) in [5.74, 6) is -1.56. The van der Waals surface area contributed by atoms with Gasteiger partial charge in [-0.05, 0) is 89.9 Å². The Labute approximate surface area is 592 Å². The number of aliphatic hydroxyl groups excluding tert-OH is 2. The molecule has 0 spiro atoms. The highest BCUT2D eigenvalue weighted by Gasteiger charge is 2.29. The molecular weight excluding hydrogens is 1270 g/mol. The number of hydrogen-bond acceptors (Lipinski definition) is 14. The minimum atomic E-state index is -4.92. The zero-order valence-corrected chi connectivity index (χ0v) is 63.8. The van der Waals surface area contributed by atoms with Crippen molar-refractivity contribution in [3.05, 3.63) is 60.8 Å². The van der Waals surface area contributed by atoms with E-state index in [0.29, 0.717) is 19.3 Å². The summed E-state index contributed by atoms with van der Waals surface area (Å²) in [4.78, 5) is 58.5. The molecule has 0 aliphatic rings. The number of rotatable bonds is 76. The molecule has 0 aromatic rings. The number of phosphoric ester groups is 2. The van der Waals surface area contributed by atoms with E-state index in [0.717, 1.165) is 103 Å². The fraction of sp³-hybridized carbons (Fsp3) is 0.835. The van der Waals surface area contributed by atoms with Crippen LogP contribution < -0.4 is 0 Å². The summed E-state index contributed by atoms with van der Waals surface area (Å²) >= 11 is 0. The summed E-state index contributed by atoms with van der Waals surface area (Å²) in [6, 6.07) is 0. The molecule has 0 saturated carbocycles. The lowest BCUT2D eigenvalue weighted by Gasteiger charge is -2.21. The molecule has 0 aliphatic carbocycles. The highest BCUT2D eigenvalue weighted by molar-refractivity contribution is 7.47. The molecule has 0 bridgehead atoms. The van der Waals surface area contributed by atoms with Crippen molar-refractivity contribution in [1.82, 2.24) is 0 Å². The maximum absolute atomic E-state index is 12.9. The lowest BCUT2D eigenvalue weighted by atomic mass is 10.0. The zero-order valence-electron chi connectivity index (χ0n) is 62.0. The number of esters is 3. The van der Waals surface area contributed by atoms with Crippen LogP contribution >= 0.6 is 15.6 Å². The molecule has 0 aromatic carbocycles. The summed E-state index contributed by atoms with van der Waals surface area (Å²) in [5, 5.41) is 20.6. The number of phosphoric acid groups is 2. The first kappa shape index (κ1) is 94.2.